The molecule has 2 nitrogen and oxygen atoms in total. The van der Waals surface area contributed by atoms with Gasteiger partial charge in [-0.3, -0.25) is 0 Å². The normalized spacial score (nSPS) is 11.9. The van der Waals surface area contributed by atoms with Crippen molar-refractivity contribution in [3.63, 3.8) is 0 Å². The second kappa shape index (κ2) is 5.42. The van der Waals surface area contributed by atoms with Crippen molar-refractivity contribution in [1.82, 2.24) is 0 Å². The Balaban J connectivity index is 3.01. The Morgan fingerprint density at radius 2 is 2.36 bits per heavy atom. The second-order valence-electron chi connectivity index (χ2n) is 2.61. The minimum absolute atomic E-state index is 0.605. The van der Waals surface area contributed by atoms with Gasteiger partial charge in [-0.05, 0) is 47.2 Å². The van der Waals surface area contributed by atoms with E-state index in [2.05, 4.69) is 22.6 Å². The van der Waals surface area contributed by atoms with Gasteiger partial charge < -0.3 is 4.74 Å². The van der Waals surface area contributed by atoms with Crippen LogP contribution in [0.5, 0.6) is 5.75 Å². The van der Waals surface area contributed by atoms with E-state index in [1.54, 1.807) is 0 Å². The van der Waals surface area contributed by atoms with Gasteiger partial charge in [0.1, 0.15) is 11.1 Å². The third-order valence-corrected chi connectivity index (χ3v) is 2.90. The Hall–Kier alpha value is -0.470. The maximum Gasteiger partial charge on any atom is 0.145 e. The molecule has 0 aliphatic heterocycles. The molecule has 0 heterocycles. The lowest BCUT2D eigenvalue weighted by molar-refractivity contribution is 0.337. The third kappa shape index (κ3) is 2.76. The van der Waals surface area contributed by atoms with E-state index in [1.165, 1.54) is 0 Å². The van der Waals surface area contributed by atoms with E-state index in [9.17, 15) is 0 Å². The summed E-state index contributed by atoms with van der Waals surface area (Å²) in [5.41, 5.74) is 0.776. The third-order valence-electron chi connectivity index (χ3n) is 1.66. The molecule has 1 aromatic carbocycles. The maximum atomic E-state index is 8.65. The Kier molecular flexibility index (Phi) is 4.49. The molecule has 0 aromatic heterocycles. The molecule has 0 aliphatic carbocycles. The van der Waals surface area contributed by atoms with E-state index in [4.69, 9.17) is 21.6 Å². The summed E-state index contributed by atoms with van der Waals surface area (Å²) in [4.78, 5) is 0. The summed E-state index contributed by atoms with van der Waals surface area (Å²) in [7, 11) is 0. The van der Waals surface area contributed by atoms with Gasteiger partial charge in [0.05, 0.1) is 16.2 Å². The van der Waals surface area contributed by atoms with Crippen LogP contribution in [0, 0.1) is 14.9 Å². The summed E-state index contributed by atoms with van der Waals surface area (Å²) in [5, 5.41) is 8.05. The molecule has 0 saturated carbocycles. The lowest BCUT2D eigenvalue weighted by atomic mass is 10.1. The average molecular weight is 322 g/mol. The monoisotopic (exact) mass is 321 g/mol. The number of rotatable bonds is 3. The fraction of sp³-hybridized carbons (Fsp3) is 0.300. The summed E-state index contributed by atoms with van der Waals surface area (Å²) in [6.07, 6.45) is 0. The fourth-order valence-corrected chi connectivity index (χ4v) is 1.65. The number of halogens is 2. The fourth-order valence-electron chi connectivity index (χ4n) is 1.02. The van der Waals surface area contributed by atoms with E-state index < -0.39 is 5.38 Å². The van der Waals surface area contributed by atoms with Gasteiger partial charge in [-0.1, -0.05) is 6.07 Å². The first kappa shape index (κ1) is 11.6. The molecule has 0 N–H and O–H groups in total. The lowest BCUT2D eigenvalue weighted by Crippen LogP contribution is -1.96. The van der Waals surface area contributed by atoms with Crippen LogP contribution in [0.2, 0.25) is 0 Å². The molecule has 0 aliphatic rings. The van der Waals surface area contributed by atoms with Crippen molar-refractivity contribution in [1.29, 1.82) is 5.26 Å². The minimum Gasteiger partial charge on any atom is -0.493 e. The number of nitriles is 1. The molecule has 1 rings (SSSR count). The van der Waals surface area contributed by atoms with E-state index in [-0.39, 0.29) is 0 Å². The molecule has 0 spiro atoms. The molecular formula is C10H9ClINO. The summed E-state index contributed by atoms with van der Waals surface area (Å²) in [6, 6.07) is 7.52. The van der Waals surface area contributed by atoms with Gasteiger partial charge in [-0.25, -0.2) is 0 Å². The molecule has 4 heteroatoms. The van der Waals surface area contributed by atoms with Crippen LogP contribution in [0.15, 0.2) is 18.2 Å². The highest BCUT2D eigenvalue weighted by molar-refractivity contribution is 14.1. The molecule has 0 radical (unpaired) electrons. The number of benzene rings is 1. The zero-order valence-electron chi connectivity index (χ0n) is 7.63. The van der Waals surface area contributed by atoms with Crippen molar-refractivity contribution in [2.24, 2.45) is 0 Å². The van der Waals surface area contributed by atoms with Crippen molar-refractivity contribution in [2.45, 2.75) is 12.3 Å². The number of nitrogens with zero attached hydrogens (tertiary/aromatic N) is 1. The molecular weight excluding hydrogens is 312 g/mol. The summed E-state index contributed by atoms with van der Waals surface area (Å²) < 4.78 is 6.42. The summed E-state index contributed by atoms with van der Waals surface area (Å²) >= 11 is 7.98. The SMILES string of the molecule is CCOc1cc(C(Cl)C#N)ccc1I. The predicted octanol–water partition coefficient (Wildman–Crippen LogP) is 3.49. The molecule has 0 saturated heterocycles. The highest BCUT2D eigenvalue weighted by Gasteiger charge is 2.09. The highest BCUT2D eigenvalue weighted by Crippen LogP contribution is 2.27. The summed E-state index contributed by atoms with van der Waals surface area (Å²) in [5.74, 6) is 0.784. The molecule has 74 valence electrons. The smallest absolute Gasteiger partial charge is 0.145 e. The number of hydrogen-bond donors (Lipinski definition) is 0. The van der Waals surface area contributed by atoms with E-state index in [1.807, 2.05) is 31.2 Å². The van der Waals surface area contributed by atoms with Gasteiger partial charge in [0.25, 0.3) is 0 Å². The van der Waals surface area contributed by atoms with Crippen LogP contribution in [0.1, 0.15) is 17.9 Å². The Morgan fingerprint density at radius 1 is 1.64 bits per heavy atom. The molecule has 1 aromatic rings. The molecule has 0 bridgehead atoms. The first-order chi connectivity index (χ1) is 6.69. The van der Waals surface area contributed by atoms with Gasteiger partial charge >= 0.3 is 0 Å². The topological polar surface area (TPSA) is 33.0 Å². The standard InChI is InChI=1S/C10H9ClINO/c1-2-14-10-5-7(8(11)6-13)3-4-9(10)12/h3-5,8H,2H2,1H3. The van der Waals surface area contributed by atoms with Crippen molar-refractivity contribution in [3.05, 3.63) is 27.3 Å². The van der Waals surface area contributed by atoms with Crippen LogP contribution < -0.4 is 4.74 Å². The Labute approximate surface area is 102 Å². The van der Waals surface area contributed by atoms with Gasteiger partial charge in [-0.2, -0.15) is 5.26 Å². The first-order valence-corrected chi connectivity index (χ1v) is 5.66. The average Bonchev–Trinajstić information content (AvgIpc) is 2.20. The van der Waals surface area contributed by atoms with Crippen LogP contribution in [0.3, 0.4) is 0 Å². The second-order valence-corrected chi connectivity index (χ2v) is 4.21. The Bertz CT molecular complexity index is 362. The number of alkyl halides is 1. The zero-order chi connectivity index (χ0) is 10.6. The van der Waals surface area contributed by atoms with E-state index in [0.717, 1.165) is 14.9 Å². The molecule has 14 heavy (non-hydrogen) atoms. The van der Waals surface area contributed by atoms with Gasteiger partial charge in [0.15, 0.2) is 0 Å². The van der Waals surface area contributed by atoms with Crippen LogP contribution in [0.4, 0.5) is 0 Å². The van der Waals surface area contributed by atoms with Crippen molar-refractivity contribution in [3.8, 4) is 11.8 Å². The molecule has 1 atom stereocenters. The van der Waals surface area contributed by atoms with Gasteiger partial charge in [0.2, 0.25) is 0 Å². The number of ether oxygens (including phenoxy) is 1. The van der Waals surface area contributed by atoms with Gasteiger partial charge in [-0.15, -0.1) is 11.6 Å². The summed E-state index contributed by atoms with van der Waals surface area (Å²) in [6.45, 7) is 2.53. The van der Waals surface area contributed by atoms with Crippen LogP contribution in [-0.4, -0.2) is 6.61 Å². The maximum absolute atomic E-state index is 8.65. The van der Waals surface area contributed by atoms with Crippen molar-refractivity contribution in [2.75, 3.05) is 6.61 Å². The zero-order valence-corrected chi connectivity index (χ0v) is 10.5. The van der Waals surface area contributed by atoms with Crippen LogP contribution in [-0.2, 0) is 0 Å². The highest BCUT2D eigenvalue weighted by atomic mass is 127. The van der Waals surface area contributed by atoms with Crippen molar-refractivity contribution < 1.29 is 4.74 Å². The van der Waals surface area contributed by atoms with Crippen molar-refractivity contribution >= 4 is 34.2 Å². The Morgan fingerprint density at radius 3 is 2.93 bits per heavy atom. The minimum atomic E-state index is -0.605. The van der Waals surface area contributed by atoms with Gasteiger partial charge in [0, 0.05) is 0 Å². The lowest BCUT2D eigenvalue weighted by Gasteiger charge is -2.08. The first-order valence-electron chi connectivity index (χ1n) is 4.15. The number of hydrogen-bond acceptors (Lipinski definition) is 2. The molecule has 1 unspecified atom stereocenters. The van der Waals surface area contributed by atoms with E-state index >= 15 is 0 Å². The molecule has 0 fully saturated rings. The largest absolute Gasteiger partial charge is 0.493 e. The predicted molar refractivity (Wildman–Crippen MR) is 64.5 cm³/mol. The van der Waals surface area contributed by atoms with Crippen LogP contribution in [0.25, 0.3) is 0 Å². The molecule has 0 amide bonds. The quantitative estimate of drug-likeness (QED) is 0.630. The van der Waals surface area contributed by atoms with E-state index in [0.29, 0.717) is 6.61 Å². The van der Waals surface area contributed by atoms with Crippen LogP contribution >= 0.6 is 34.2 Å².